The third-order valence-electron chi connectivity index (χ3n) is 5.50. The number of ether oxygens (including phenoxy) is 1. The first-order valence-electron chi connectivity index (χ1n) is 9.71. The van der Waals surface area contributed by atoms with E-state index >= 15 is 0 Å². The van der Waals surface area contributed by atoms with Crippen LogP contribution in [-0.4, -0.2) is 68.6 Å². The van der Waals surface area contributed by atoms with Gasteiger partial charge in [0.2, 0.25) is 0 Å². The molecule has 0 saturated carbocycles. The number of nitrogens with zero attached hydrogens (tertiary/aromatic N) is 7. The first kappa shape index (κ1) is 18.3. The molecule has 29 heavy (non-hydrogen) atoms. The molecule has 0 aliphatic carbocycles. The maximum Gasteiger partial charge on any atom is 0.285 e. The fourth-order valence-corrected chi connectivity index (χ4v) is 4.21. The fourth-order valence-electron chi connectivity index (χ4n) is 3.99. The number of fused-ring (bicyclic) bond motifs is 1. The molecule has 3 aromatic rings. The third kappa shape index (κ3) is 3.42. The molecule has 0 spiro atoms. The SMILES string of the molecule is O=c1[nH]ncc(N2CCN(c3ncnc4c3ncn4CC3CCCO3)CC2)c1Cl. The van der Waals surface area contributed by atoms with Gasteiger partial charge in [0.15, 0.2) is 17.0 Å². The Kier molecular flexibility index (Phi) is 4.80. The number of anilines is 2. The average molecular weight is 417 g/mol. The Morgan fingerprint density at radius 2 is 2.00 bits per heavy atom. The van der Waals surface area contributed by atoms with Gasteiger partial charge in [-0.05, 0) is 12.8 Å². The molecule has 0 amide bonds. The number of aromatic amines is 1. The summed E-state index contributed by atoms with van der Waals surface area (Å²) in [6, 6.07) is 0. The second-order valence-corrected chi connectivity index (χ2v) is 7.65. The minimum absolute atomic E-state index is 0.172. The van der Waals surface area contributed by atoms with Crippen molar-refractivity contribution in [3.8, 4) is 0 Å². The number of hydrogen-bond donors (Lipinski definition) is 1. The van der Waals surface area contributed by atoms with E-state index in [1.54, 1.807) is 12.5 Å². The van der Waals surface area contributed by atoms with Gasteiger partial charge in [-0.2, -0.15) is 5.10 Å². The van der Waals surface area contributed by atoms with Crippen molar-refractivity contribution in [2.75, 3.05) is 42.6 Å². The Morgan fingerprint density at radius 1 is 1.17 bits per heavy atom. The molecule has 2 saturated heterocycles. The first-order valence-corrected chi connectivity index (χ1v) is 10.1. The Bertz CT molecular complexity index is 1070. The lowest BCUT2D eigenvalue weighted by molar-refractivity contribution is 0.0978. The quantitative estimate of drug-likeness (QED) is 0.673. The lowest BCUT2D eigenvalue weighted by Gasteiger charge is -2.36. The molecule has 2 aliphatic rings. The van der Waals surface area contributed by atoms with Crippen LogP contribution in [-0.2, 0) is 11.3 Å². The van der Waals surface area contributed by atoms with Gasteiger partial charge in [0.25, 0.3) is 5.56 Å². The van der Waals surface area contributed by atoms with E-state index in [4.69, 9.17) is 16.3 Å². The van der Waals surface area contributed by atoms with E-state index in [0.29, 0.717) is 18.8 Å². The molecule has 1 atom stereocenters. The number of aromatic nitrogens is 6. The van der Waals surface area contributed by atoms with Gasteiger partial charge in [0.05, 0.1) is 30.9 Å². The van der Waals surface area contributed by atoms with E-state index in [-0.39, 0.29) is 16.7 Å². The van der Waals surface area contributed by atoms with Crippen molar-refractivity contribution in [2.24, 2.45) is 0 Å². The summed E-state index contributed by atoms with van der Waals surface area (Å²) in [4.78, 5) is 29.5. The van der Waals surface area contributed by atoms with Crippen LogP contribution in [0.25, 0.3) is 11.2 Å². The molecule has 2 fully saturated rings. The van der Waals surface area contributed by atoms with Crippen LogP contribution in [0.15, 0.2) is 23.6 Å². The minimum Gasteiger partial charge on any atom is -0.376 e. The molecular weight excluding hydrogens is 396 g/mol. The van der Waals surface area contributed by atoms with Crippen molar-refractivity contribution in [1.82, 2.24) is 29.7 Å². The Labute approximate surface area is 171 Å². The molecule has 3 aromatic heterocycles. The molecule has 5 rings (SSSR count). The van der Waals surface area contributed by atoms with Gasteiger partial charge < -0.3 is 19.1 Å². The van der Waals surface area contributed by atoms with E-state index in [1.165, 1.54) is 0 Å². The number of rotatable bonds is 4. The molecular formula is C18H21ClN8O2. The Hall–Kier alpha value is -2.72. The number of H-pyrrole nitrogens is 1. The van der Waals surface area contributed by atoms with E-state index < -0.39 is 0 Å². The fraction of sp³-hybridized carbons (Fsp3) is 0.500. The third-order valence-corrected chi connectivity index (χ3v) is 5.87. The molecule has 152 valence electrons. The summed E-state index contributed by atoms with van der Waals surface area (Å²) < 4.78 is 7.80. The molecule has 5 heterocycles. The van der Waals surface area contributed by atoms with Crippen LogP contribution in [0.5, 0.6) is 0 Å². The summed E-state index contributed by atoms with van der Waals surface area (Å²) in [6.07, 6.45) is 7.41. The van der Waals surface area contributed by atoms with Gasteiger partial charge in [-0.3, -0.25) is 4.79 Å². The Balaban J connectivity index is 1.35. The summed E-state index contributed by atoms with van der Waals surface area (Å²) in [5.41, 5.74) is 1.91. The zero-order valence-electron chi connectivity index (χ0n) is 15.8. The first-order chi connectivity index (χ1) is 14.2. The molecule has 1 unspecified atom stereocenters. The van der Waals surface area contributed by atoms with E-state index in [1.807, 2.05) is 6.33 Å². The van der Waals surface area contributed by atoms with Crippen molar-refractivity contribution < 1.29 is 4.74 Å². The summed E-state index contributed by atoms with van der Waals surface area (Å²) >= 11 is 6.15. The van der Waals surface area contributed by atoms with Crippen LogP contribution in [0.2, 0.25) is 5.02 Å². The molecule has 0 aromatic carbocycles. The predicted molar refractivity (Wildman–Crippen MR) is 109 cm³/mol. The maximum atomic E-state index is 11.7. The highest BCUT2D eigenvalue weighted by Gasteiger charge is 2.24. The van der Waals surface area contributed by atoms with Crippen LogP contribution in [0.3, 0.4) is 0 Å². The lowest BCUT2D eigenvalue weighted by atomic mass is 10.2. The van der Waals surface area contributed by atoms with E-state index in [2.05, 4.69) is 39.5 Å². The van der Waals surface area contributed by atoms with Crippen LogP contribution in [0.1, 0.15) is 12.8 Å². The second-order valence-electron chi connectivity index (χ2n) is 7.27. The van der Waals surface area contributed by atoms with Crippen molar-refractivity contribution >= 4 is 34.3 Å². The van der Waals surface area contributed by atoms with Crippen LogP contribution in [0, 0.1) is 0 Å². The highest BCUT2D eigenvalue weighted by Crippen LogP contribution is 2.26. The molecule has 0 radical (unpaired) electrons. The van der Waals surface area contributed by atoms with Crippen LogP contribution in [0.4, 0.5) is 11.5 Å². The summed E-state index contributed by atoms with van der Waals surface area (Å²) in [5.74, 6) is 0.830. The molecule has 0 bridgehead atoms. The normalized spacial score (nSPS) is 20.0. The summed E-state index contributed by atoms with van der Waals surface area (Å²) in [7, 11) is 0. The summed E-state index contributed by atoms with van der Waals surface area (Å²) in [5, 5.41) is 6.39. The highest BCUT2D eigenvalue weighted by atomic mass is 35.5. The lowest BCUT2D eigenvalue weighted by Crippen LogP contribution is -2.47. The van der Waals surface area contributed by atoms with Gasteiger partial charge >= 0.3 is 0 Å². The predicted octanol–water partition coefficient (Wildman–Crippen LogP) is 1.07. The number of halogens is 1. The number of hydrogen-bond acceptors (Lipinski definition) is 8. The van der Waals surface area contributed by atoms with Gasteiger partial charge in [-0.1, -0.05) is 11.6 Å². The summed E-state index contributed by atoms with van der Waals surface area (Å²) in [6.45, 7) is 4.45. The van der Waals surface area contributed by atoms with Crippen molar-refractivity contribution in [3.05, 3.63) is 34.2 Å². The van der Waals surface area contributed by atoms with Crippen LogP contribution < -0.4 is 15.4 Å². The smallest absolute Gasteiger partial charge is 0.285 e. The molecule has 2 aliphatic heterocycles. The van der Waals surface area contributed by atoms with Crippen LogP contribution >= 0.6 is 11.6 Å². The van der Waals surface area contributed by atoms with E-state index in [9.17, 15) is 4.79 Å². The number of nitrogens with one attached hydrogen (secondary N) is 1. The van der Waals surface area contributed by atoms with Crippen molar-refractivity contribution in [1.29, 1.82) is 0 Å². The number of imidazole rings is 1. The number of piperazine rings is 1. The molecule has 1 N–H and O–H groups in total. The van der Waals surface area contributed by atoms with Gasteiger partial charge in [-0.15, -0.1) is 0 Å². The zero-order valence-corrected chi connectivity index (χ0v) is 16.5. The maximum absolute atomic E-state index is 11.7. The largest absolute Gasteiger partial charge is 0.376 e. The molecule has 10 nitrogen and oxygen atoms in total. The standard InChI is InChI=1S/C18H21ClN8O2/c19-14-13(8-23-24-18(14)28)25-3-5-26(6-4-25)16-15-17(21-10-20-16)27(11-22-15)9-12-2-1-7-29-12/h8,10-12H,1-7,9H2,(H,24,28). The Morgan fingerprint density at radius 3 is 2.79 bits per heavy atom. The van der Waals surface area contributed by atoms with Gasteiger partial charge in [0, 0.05) is 32.8 Å². The zero-order chi connectivity index (χ0) is 19.8. The topological polar surface area (TPSA) is 105 Å². The minimum atomic E-state index is -0.374. The van der Waals surface area contributed by atoms with Crippen molar-refractivity contribution in [2.45, 2.75) is 25.5 Å². The van der Waals surface area contributed by atoms with Gasteiger partial charge in [0.1, 0.15) is 11.3 Å². The molecule has 11 heteroatoms. The van der Waals surface area contributed by atoms with Gasteiger partial charge in [-0.25, -0.2) is 20.1 Å². The highest BCUT2D eigenvalue weighted by molar-refractivity contribution is 6.33. The second kappa shape index (κ2) is 7.60. The average Bonchev–Trinajstić information content (AvgIpc) is 3.41. The van der Waals surface area contributed by atoms with E-state index in [0.717, 1.165) is 56.1 Å². The monoisotopic (exact) mass is 416 g/mol. The van der Waals surface area contributed by atoms with Crippen molar-refractivity contribution in [3.63, 3.8) is 0 Å².